The quantitative estimate of drug-likeness (QED) is 0.866. The van der Waals surface area contributed by atoms with Gasteiger partial charge in [-0.2, -0.15) is 0 Å². The number of hydrogen-bond acceptors (Lipinski definition) is 3. The molecule has 1 aromatic heterocycles. The molecule has 5 heteroatoms. The van der Waals surface area contributed by atoms with E-state index < -0.39 is 17.9 Å². The molecule has 92 valence electrons. The molecule has 1 N–H and O–H groups in total. The summed E-state index contributed by atoms with van der Waals surface area (Å²) in [6.45, 7) is 4.13. The van der Waals surface area contributed by atoms with E-state index in [2.05, 4.69) is 0 Å². The molecule has 1 fully saturated rings. The third-order valence-electron chi connectivity index (χ3n) is 3.14. The number of hydrogen-bond donors (Lipinski definition) is 1. The van der Waals surface area contributed by atoms with Crippen LogP contribution in [0.1, 0.15) is 30.9 Å². The first kappa shape index (κ1) is 11.7. The van der Waals surface area contributed by atoms with Gasteiger partial charge in [0.1, 0.15) is 17.6 Å². The zero-order chi connectivity index (χ0) is 12.6. The standard InChI is InChI=1S/C12H15NO4/c1-3-13-10(14)6-8(12(15)16)11(13)9-5-4-7(2)17-9/h4-5,8,11H,3,6H2,1-2H3,(H,15,16). The largest absolute Gasteiger partial charge is 0.481 e. The minimum Gasteiger partial charge on any atom is -0.481 e. The number of amides is 1. The first-order chi connectivity index (χ1) is 8.04. The molecule has 1 amide bonds. The Hall–Kier alpha value is -1.78. The maximum absolute atomic E-state index is 11.7. The number of nitrogens with zero attached hydrogens (tertiary/aromatic N) is 1. The van der Waals surface area contributed by atoms with Crippen molar-refractivity contribution in [2.24, 2.45) is 5.92 Å². The molecule has 5 nitrogen and oxygen atoms in total. The van der Waals surface area contributed by atoms with E-state index >= 15 is 0 Å². The predicted octanol–water partition coefficient (Wildman–Crippen LogP) is 1.58. The highest BCUT2D eigenvalue weighted by atomic mass is 16.4. The molecule has 1 aliphatic heterocycles. The van der Waals surface area contributed by atoms with E-state index in [1.807, 2.05) is 6.92 Å². The maximum Gasteiger partial charge on any atom is 0.309 e. The first-order valence-corrected chi connectivity index (χ1v) is 5.63. The van der Waals surface area contributed by atoms with Crippen molar-refractivity contribution in [3.8, 4) is 0 Å². The average Bonchev–Trinajstić information content (AvgIpc) is 2.81. The van der Waals surface area contributed by atoms with Gasteiger partial charge in [-0.3, -0.25) is 9.59 Å². The van der Waals surface area contributed by atoms with Crippen molar-refractivity contribution in [2.75, 3.05) is 6.54 Å². The first-order valence-electron chi connectivity index (χ1n) is 5.63. The lowest BCUT2D eigenvalue weighted by Crippen LogP contribution is -2.30. The summed E-state index contributed by atoms with van der Waals surface area (Å²) in [6.07, 6.45) is 0.0492. The molecule has 0 radical (unpaired) electrons. The number of carbonyl (C=O) groups is 2. The van der Waals surface area contributed by atoms with Crippen LogP contribution < -0.4 is 0 Å². The van der Waals surface area contributed by atoms with Gasteiger partial charge in [-0.05, 0) is 26.0 Å². The number of carboxylic acids is 1. The highest BCUT2D eigenvalue weighted by molar-refractivity contribution is 5.87. The van der Waals surface area contributed by atoms with Crippen LogP contribution in [0.5, 0.6) is 0 Å². The van der Waals surface area contributed by atoms with E-state index in [0.717, 1.165) is 5.76 Å². The van der Waals surface area contributed by atoms with E-state index in [-0.39, 0.29) is 12.3 Å². The van der Waals surface area contributed by atoms with Gasteiger partial charge in [0.15, 0.2) is 0 Å². The van der Waals surface area contributed by atoms with Gasteiger partial charge in [-0.25, -0.2) is 0 Å². The smallest absolute Gasteiger partial charge is 0.309 e. The van der Waals surface area contributed by atoms with Gasteiger partial charge in [-0.15, -0.1) is 0 Å². The molecule has 0 saturated carbocycles. The van der Waals surface area contributed by atoms with Gasteiger partial charge in [0.25, 0.3) is 0 Å². The molecular formula is C12H15NO4. The Morgan fingerprint density at radius 1 is 1.59 bits per heavy atom. The van der Waals surface area contributed by atoms with E-state index in [1.165, 1.54) is 0 Å². The second kappa shape index (κ2) is 4.24. The van der Waals surface area contributed by atoms with Crippen LogP contribution in [0.4, 0.5) is 0 Å². The molecule has 1 saturated heterocycles. The molecule has 2 unspecified atom stereocenters. The van der Waals surface area contributed by atoms with Crippen molar-refractivity contribution in [3.63, 3.8) is 0 Å². The molecule has 0 bridgehead atoms. The fourth-order valence-corrected chi connectivity index (χ4v) is 2.35. The third-order valence-corrected chi connectivity index (χ3v) is 3.14. The summed E-state index contributed by atoms with van der Waals surface area (Å²) in [6, 6.07) is 3.06. The van der Waals surface area contributed by atoms with Crippen molar-refractivity contribution >= 4 is 11.9 Å². The Labute approximate surface area is 99.0 Å². The van der Waals surface area contributed by atoms with Crippen molar-refractivity contribution in [3.05, 3.63) is 23.7 Å². The lowest BCUT2D eigenvalue weighted by Gasteiger charge is -2.23. The van der Waals surface area contributed by atoms with Crippen molar-refractivity contribution in [1.82, 2.24) is 4.90 Å². The van der Waals surface area contributed by atoms with Gasteiger partial charge in [0.2, 0.25) is 5.91 Å². The molecule has 17 heavy (non-hydrogen) atoms. The Morgan fingerprint density at radius 3 is 2.76 bits per heavy atom. The van der Waals surface area contributed by atoms with E-state index in [9.17, 15) is 9.59 Å². The summed E-state index contributed by atoms with van der Waals surface area (Å²) in [7, 11) is 0. The Bertz CT molecular complexity index is 451. The summed E-state index contributed by atoms with van der Waals surface area (Å²) in [5, 5.41) is 9.16. The molecule has 2 heterocycles. The van der Waals surface area contributed by atoms with E-state index in [4.69, 9.17) is 9.52 Å². The summed E-state index contributed by atoms with van der Waals surface area (Å²) in [4.78, 5) is 24.5. The summed E-state index contributed by atoms with van der Waals surface area (Å²) in [5.41, 5.74) is 0. The fourth-order valence-electron chi connectivity index (χ4n) is 2.35. The molecule has 1 aliphatic rings. The predicted molar refractivity (Wildman–Crippen MR) is 59.3 cm³/mol. The van der Waals surface area contributed by atoms with Crippen LogP contribution in [0.2, 0.25) is 0 Å². The van der Waals surface area contributed by atoms with Crippen molar-refractivity contribution in [1.29, 1.82) is 0 Å². The Balaban J connectivity index is 2.38. The normalized spacial score (nSPS) is 24.4. The van der Waals surface area contributed by atoms with Gasteiger partial charge in [-0.1, -0.05) is 0 Å². The second-order valence-electron chi connectivity index (χ2n) is 4.22. The number of aliphatic carboxylic acids is 1. The number of rotatable bonds is 3. The van der Waals surface area contributed by atoms with E-state index in [1.54, 1.807) is 24.0 Å². The lowest BCUT2D eigenvalue weighted by molar-refractivity contribution is -0.142. The zero-order valence-electron chi connectivity index (χ0n) is 9.84. The Morgan fingerprint density at radius 2 is 2.29 bits per heavy atom. The van der Waals surface area contributed by atoms with Crippen LogP contribution in [0.3, 0.4) is 0 Å². The number of likely N-dealkylation sites (tertiary alicyclic amines) is 1. The highest BCUT2D eigenvalue weighted by Gasteiger charge is 2.45. The molecule has 0 aromatic carbocycles. The summed E-state index contributed by atoms with van der Waals surface area (Å²) < 4.78 is 5.47. The van der Waals surface area contributed by atoms with Gasteiger partial charge < -0.3 is 14.4 Å². The summed E-state index contributed by atoms with van der Waals surface area (Å²) in [5.74, 6) is -0.512. The number of furan rings is 1. The van der Waals surface area contributed by atoms with Crippen LogP contribution in [0.15, 0.2) is 16.5 Å². The van der Waals surface area contributed by atoms with Gasteiger partial charge in [0, 0.05) is 13.0 Å². The molecule has 2 atom stereocenters. The molecular weight excluding hydrogens is 222 g/mol. The zero-order valence-corrected chi connectivity index (χ0v) is 9.84. The molecule has 0 aliphatic carbocycles. The van der Waals surface area contributed by atoms with Crippen LogP contribution in [-0.4, -0.2) is 28.4 Å². The van der Waals surface area contributed by atoms with Crippen LogP contribution in [0, 0.1) is 12.8 Å². The fraction of sp³-hybridized carbons (Fsp3) is 0.500. The number of carboxylic acid groups (broad SMARTS) is 1. The summed E-state index contributed by atoms with van der Waals surface area (Å²) >= 11 is 0. The number of aryl methyl sites for hydroxylation is 1. The van der Waals surface area contributed by atoms with Gasteiger partial charge in [0.05, 0.1) is 5.92 Å². The topological polar surface area (TPSA) is 70.8 Å². The average molecular weight is 237 g/mol. The third kappa shape index (κ3) is 1.92. The van der Waals surface area contributed by atoms with E-state index in [0.29, 0.717) is 12.3 Å². The second-order valence-corrected chi connectivity index (χ2v) is 4.22. The van der Waals surface area contributed by atoms with Crippen LogP contribution in [-0.2, 0) is 9.59 Å². The minimum atomic E-state index is -0.951. The lowest BCUT2D eigenvalue weighted by atomic mass is 9.98. The molecule has 1 aromatic rings. The van der Waals surface area contributed by atoms with Crippen molar-refractivity contribution in [2.45, 2.75) is 26.3 Å². The van der Waals surface area contributed by atoms with Crippen LogP contribution >= 0.6 is 0 Å². The monoisotopic (exact) mass is 237 g/mol. The minimum absolute atomic E-state index is 0.0492. The van der Waals surface area contributed by atoms with Crippen LogP contribution in [0.25, 0.3) is 0 Å². The highest BCUT2D eigenvalue weighted by Crippen LogP contribution is 2.38. The number of carbonyl (C=O) groups excluding carboxylic acids is 1. The molecule has 0 spiro atoms. The van der Waals surface area contributed by atoms with Crippen molar-refractivity contribution < 1.29 is 19.1 Å². The maximum atomic E-state index is 11.7. The SMILES string of the molecule is CCN1C(=O)CC(C(=O)O)C1c1ccc(C)o1. The molecule has 2 rings (SSSR count). The van der Waals surface area contributed by atoms with Gasteiger partial charge >= 0.3 is 5.97 Å². The Kier molecular flexibility index (Phi) is 2.92.